The molecule has 0 spiro atoms. The molecule has 0 heterocycles. The van der Waals surface area contributed by atoms with Gasteiger partial charge in [0.15, 0.2) is 11.6 Å². The van der Waals surface area contributed by atoms with Crippen molar-refractivity contribution in [3.8, 4) is 0 Å². The number of halogens is 1. The van der Waals surface area contributed by atoms with Crippen LogP contribution in [0.3, 0.4) is 0 Å². The lowest BCUT2D eigenvalue weighted by molar-refractivity contribution is -0.138. The highest BCUT2D eigenvalue weighted by Gasteiger charge is 2.23. The van der Waals surface area contributed by atoms with E-state index in [-0.39, 0.29) is 22.8 Å². The zero-order valence-electron chi connectivity index (χ0n) is 13.0. The molecule has 0 amide bonds. The number of hydrogen-bond donors (Lipinski definition) is 0. The van der Waals surface area contributed by atoms with Crippen LogP contribution in [0.15, 0.2) is 66.2 Å². The average Bonchev–Trinajstić information content (AvgIpc) is 2.60. The lowest BCUT2D eigenvalue weighted by Gasteiger charge is -2.07. The van der Waals surface area contributed by atoms with Crippen molar-refractivity contribution in [3.05, 3.63) is 82.4 Å². The summed E-state index contributed by atoms with van der Waals surface area (Å²) < 4.78 is 4.90. The fourth-order valence-corrected chi connectivity index (χ4v) is 2.27. The van der Waals surface area contributed by atoms with E-state index in [1.54, 1.807) is 55.5 Å². The topological polar surface area (TPSA) is 60.4 Å². The Labute approximate surface area is 144 Å². The van der Waals surface area contributed by atoms with Gasteiger partial charge in [0, 0.05) is 17.2 Å². The summed E-state index contributed by atoms with van der Waals surface area (Å²) in [6.45, 7) is 1.72. The Morgan fingerprint density at radius 3 is 2.25 bits per heavy atom. The van der Waals surface area contributed by atoms with E-state index in [9.17, 15) is 14.4 Å². The summed E-state index contributed by atoms with van der Waals surface area (Å²) in [5, 5.41) is 0.245. The van der Waals surface area contributed by atoms with Crippen LogP contribution in [0.25, 0.3) is 0 Å². The molecule has 0 radical (unpaired) electrons. The quantitative estimate of drug-likeness (QED) is 0.263. The first-order valence-corrected chi connectivity index (χ1v) is 7.69. The maximum absolute atomic E-state index is 12.6. The van der Waals surface area contributed by atoms with E-state index < -0.39 is 17.5 Å². The van der Waals surface area contributed by atoms with Gasteiger partial charge in [-0.2, -0.15) is 0 Å². The van der Waals surface area contributed by atoms with Crippen LogP contribution in [0.2, 0.25) is 5.02 Å². The van der Waals surface area contributed by atoms with Gasteiger partial charge in [-0.3, -0.25) is 9.59 Å². The molecule has 2 aromatic rings. The molecular weight excluding hydrogens is 328 g/mol. The predicted molar refractivity (Wildman–Crippen MR) is 91.3 cm³/mol. The molecule has 0 aliphatic heterocycles. The van der Waals surface area contributed by atoms with Crippen molar-refractivity contribution in [1.29, 1.82) is 0 Å². The molecule has 0 N–H and O–H groups in total. The van der Waals surface area contributed by atoms with Crippen molar-refractivity contribution < 1.29 is 19.1 Å². The van der Waals surface area contributed by atoms with Gasteiger partial charge in [-0.05, 0) is 19.1 Å². The molecule has 4 nitrogen and oxygen atoms in total. The van der Waals surface area contributed by atoms with E-state index >= 15 is 0 Å². The van der Waals surface area contributed by atoms with E-state index in [0.717, 1.165) is 6.08 Å². The van der Waals surface area contributed by atoms with Crippen LogP contribution < -0.4 is 0 Å². The van der Waals surface area contributed by atoms with Gasteiger partial charge in [0.05, 0.1) is 11.6 Å². The molecule has 2 rings (SSSR count). The molecule has 2 aromatic carbocycles. The second-order valence-corrected chi connectivity index (χ2v) is 5.22. The van der Waals surface area contributed by atoms with Gasteiger partial charge >= 0.3 is 5.97 Å². The number of Topliss-reactive ketones (excluding diaryl/α,β-unsaturated/α-hetero) is 1. The lowest BCUT2D eigenvalue weighted by atomic mass is 10.0. The molecule has 0 aliphatic rings. The summed E-state index contributed by atoms with van der Waals surface area (Å²) in [6.07, 6.45) is 0.981. The molecule has 0 atom stereocenters. The Morgan fingerprint density at radius 2 is 1.62 bits per heavy atom. The number of benzene rings is 2. The van der Waals surface area contributed by atoms with E-state index in [0.29, 0.717) is 5.56 Å². The highest BCUT2D eigenvalue weighted by molar-refractivity contribution is 6.35. The molecule has 0 aromatic heterocycles. The predicted octanol–water partition coefficient (Wildman–Crippen LogP) is 3.90. The fourth-order valence-electron chi connectivity index (χ4n) is 2.04. The maximum atomic E-state index is 12.6. The Kier molecular flexibility index (Phi) is 6.04. The van der Waals surface area contributed by atoms with Crippen LogP contribution in [0.5, 0.6) is 0 Å². The summed E-state index contributed by atoms with van der Waals surface area (Å²) in [6, 6.07) is 14.6. The van der Waals surface area contributed by atoms with Gasteiger partial charge in [0.1, 0.15) is 5.57 Å². The van der Waals surface area contributed by atoms with Crippen molar-refractivity contribution in [2.75, 3.05) is 6.61 Å². The van der Waals surface area contributed by atoms with Crippen LogP contribution in [-0.2, 0) is 9.53 Å². The first-order valence-electron chi connectivity index (χ1n) is 7.32. The third-order valence-electron chi connectivity index (χ3n) is 3.19. The first kappa shape index (κ1) is 17.6. The largest absolute Gasteiger partial charge is 0.462 e. The number of ketones is 2. The van der Waals surface area contributed by atoms with Gasteiger partial charge < -0.3 is 4.74 Å². The van der Waals surface area contributed by atoms with E-state index in [2.05, 4.69) is 0 Å². The molecule has 0 unspecified atom stereocenters. The van der Waals surface area contributed by atoms with E-state index in [1.807, 2.05) is 0 Å². The normalized spacial score (nSPS) is 11.0. The molecule has 0 saturated heterocycles. The molecule has 0 fully saturated rings. The van der Waals surface area contributed by atoms with Crippen LogP contribution in [0.1, 0.15) is 27.6 Å². The van der Waals surface area contributed by atoms with Gasteiger partial charge in [-0.25, -0.2) is 4.79 Å². The minimum absolute atomic E-state index is 0.0958. The van der Waals surface area contributed by atoms with Crippen LogP contribution >= 0.6 is 11.6 Å². The summed E-state index contributed by atoms with van der Waals surface area (Å²) in [7, 11) is 0. The number of hydrogen-bond acceptors (Lipinski definition) is 4. The monoisotopic (exact) mass is 342 g/mol. The van der Waals surface area contributed by atoms with Gasteiger partial charge in [0.2, 0.25) is 0 Å². The second-order valence-electron chi connectivity index (χ2n) is 4.82. The van der Waals surface area contributed by atoms with Crippen LogP contribution in [0, 0.1) is 0 Å². The Morgan fingerprint density at radius 1 is 1.00 bits per heavy atom. The fraction of sp³-hybridized carbons (Fsp3) is 0.105. The molecule has 0 bridgehead atoms. The SMILES string of the molecule is CCOC(=O)/C(=C/C(=O)c1ccccc1Cl)C(=O)c1ccccc1. The molecule has 122 valence electrons. The lowest BCUT2D eigenvalue weighted by Crippen LogP contribution is -2.18. The van der Waals surface area contributed by atoms with Crippen molar-refractivity contribution in [3.63, 3.8) is 0 Å². The summed E-state index contributed by atoms with van der Waals surface area (Å²) in [5.41, 5.74) is 0.179. The average molecular weight is 343 g/mol. The third-order valence-corrected chi connectivity index (χ3v) is 3.52. The van der Waals surface area contributed by atoms with Crippen molar-refractivity contribution >= 4 is 29.1 Å². The Hall–Kier alpha value is -2.72. The number of carbonyl (C=O) groups excluding carboxylic acids is 3. The molecule has 24 heavy (non-hydrogen) atoms. The van der Waals surface area contributed by atoms with Gasteiger partial charge in [0.25, 0.3) is 0 Å². The van der Waals surface area contributed by atoms with Crippen molar-refractivity contribution in [2.24, 2.45) is 0 Å². The molecular formula is C19H15ClO4. The summed E-state index contributed by atoms with van der Waals surface area (Å²) in [4.78, 5) is 37.1. The molecule has 0 aliphatic carbocycles. The summed E-state index contributed by atoms with van der Waals surface area (Å²) in [5.74, 6) is -1.95. The van der Waals surface area contributed by atoms with E-state index in [1.165, 1.54) is 6.07 Å². The van der Waals surface area contributed by atoms with Crippen LogP contribution in [0.4, 0.5) is 0 Å². The zero-order valence-corrected chi connectivity index (χ0v) is 13.7. The summed E-state index contributed by atoms with van der Waals surface area (Å²) >= 11 is 5.99. The second kappa shape index (κ2) is 8.22. The highest BCUT2D eigenvalue weighted by atomic mass is 35.5. The Bertz CT molecular complexity index is 794. The number of carbonyl (C=O) groups is 3. The van der Waals surface area contributed by atoms with E-state index in [4.69, 9.17) is 16.3 Å². The molecule has 5 heteroatoms. The van der Waals surface area contributed by atoms with Gasteiger partial charge in [-0.1, -0.05) is 54.1 Å². The van der Waals surface area contributed by atoms with Gasteiger partial charge in [-0.15, -0.1) is 0 Å². The first-order chi connectivity index (χ1) is 11.5. The maximum Gasteiger partial charge on any atom is 0.342 e. The standard InChI is InChI=1S/C19H15ClO4/c1-2-24-19(23)15(18(22)13-8-4-3-5-9-13)12-17(21)14-10-6-7-11-16(14)20/h3-12H,2H2,1H3/b15-12+. The number of allylic oxidation sites excluding steroid dienone is 1. The number of rotatable bonds is 6. The van der Waals surface area contributed by atoms with Crippen LogP contribution in [-0.4, -0.2) is 24.1 Å². The smallest absolute Gasteiger partial charge is 0.342 e. The molecule has 0 saturated carbocycles. The zero-order chi connectivity index (χ0) is 17.5. The third kappa shape index (κ3) is 4.18. The number of ether oxygens (including phenoxy) is 1. The number of esters is 1. The highest BCUT2D eigenvalue weighted by Crippen LogP contribution is 2.18. The minimum atomic E-state index is -0.841. The van der Waals surface area contributed by atoms with Crippen molar-refractivity contribution in [1.82, 2.24) is 0 Å². The van der Waals surface area contributed by atoms with Crippen molar-refractivity contribution in [2.45, 2.75) is 6.92 Å². The Balaban J connectivity index is 2.43. The minimum Gasteiger partial charge on any atom is -0.462 e.